The topological polar surface area (TPSA) is 49.0 Å². The van der Waals surface area contributed by atoms with Gasteiger partial charge in [-0.15, -0.1) is 0 Å². The van der Waals surface area contributed by atoms with Gasteiger partial charge in [0.25, 0.3) is 0 Å². The first kappa shape index (κ1) is 18.8. The van der Waals surface area contributed by atoms with E-state index in [0.717, 1.165) is 25.7 Å². The van der Waals surface area contributed by atoms with E-state index in [1.54, 1.807) is 0 Å². The Morgan fingerprint density at radius 2 is 0.842 bits per heavy atom. The largest absolute Gasteiger partial charge is 0.340 e. The van der Waals surface area contributed by atoms with Crippen molar-refractivity contribution in [1.82, 2.24) is 5.32 Å². The molecule has 0 aliphatic carbocycles. The first-order valence-corrected chi connectivity index (χ1v) is 7.50. The Balaban J connectivity index is 4.16. The lowest BCUT2D eigenvalue weighted by molar-refractivity contribution is -0.237. The molecule has 0 aliphatic heterocycles. The van der Waals surface area contributed by atoms with Crippen molar-refractivity contribution >= 4 is 0 Å². The van der Waals surface area contributed by atoms with Crippen LogP contribution in [-0.4, -0.2) is 39.3 Å². The highest BCUT2D eigenvalue weighted by Crippen LogP contribution is 2.01. The van der Waals surface area contributed by atoms with Crippen molar-refractivity contribution in [2.24, 2.45) is 0 Å². The molecule has 0 aromatic carbocycles. The first-order chi connectivity index (χ1) is 9.28. The van der Waals surface area contributed by atoms with Gasteiger partial charge < -0.3 is 18.9 Å². The fourth-order valence-electron chi connectivity index (χ4n) is 1.30. The van der Waals surface area contributed by atoms with Gasteiger partial charge >= 0.3 is 0 Å². The number of ether oxygens (including phenoxy) is 4. The molecule has 5 heteroatoms. The summed E-state index contributed by atoms with van der Waals surface area (Å²) in [5.74, 6) is 0. The summed E-state index contributed by atoms with van der Waals surface area (Å²) in [6.07, 6.45) is 2.85. The maximum absolute atomic E-state index is 5.59. The molecular weight excluding hydrogens is 246 g/mol. The summed E-state index contributed by atoms with van der Waals surface area (Å²) in [4.78, 5) is 0. The minimum atomic E-state index is -0.474. The van der Waals surface area contributed by atoms with E-state index in [4.69, 9.17) is 18.9 Å². The Morgan fingerprint density at radius 1 is 0.579 bits per heavy atom. The van der Waals surface area contributed by atoms with Crippen molar-refractivity contribution in [2.75, 3.05) is 26.4 Å². The number of rotatable bonds is 14. The molecular formula is C14H31NO4. The minimum absolute atomic E-state index is 0.474. The first-order valence-electron chi connectivity index (χ1n) is 7.50. The molecule has 0 rings (SSSR count). The van der Waals surface area contributed by atoms with E-state index in [2.05, 4.69) is 33.0 Å². The van der Waals surface area contributed by atoms with Crippen molar-refractivity contribution in [3.05, 3.63) is 0 Å². The molecule has 0 saturated heterocycles. The van der Waals surface area contributed by atoms with Crippen LogP contribution in [0.4, 0.5) is 0 Å². The summed E-state index contributed by atoms with van der Waals surface area (Å²) in [5, 5.41) is 3.10. The van der Waals surface area contributed by atoms with Crippen LogP contribution in [0.15, 0.2) is 0 Å². The smallest absolute Gasteiger partial charge is 0.219 e. The summed E-state index contributed by atoms with van der Waals surface area (Å²) in [5.41, 5.74) is 0. The Hall–Kier alpha value is -0.200. The Labute approximate surface area is 117 Å². The summed E-state index contributed by atoms with van der Waals surface area (Å²) in [7, 11) is 0. The molecule has 0 heterocycles. The Kier molecular flexibility index (Phi) is 14.1. The van der Waals surface area contributed by atoms with Crippen LogP contribution >= 0.6 is 0 Å². The van der Waals surface area contributed by atoms with Gasteiger partial charge in [0.1, 0.15) is 0 Å². The fraction of sp³-hybridized carbons (Fsp3) is 1.00. The van der Waals surface area contributed by atoms with E-state index in [-0.39, 0.29) is 0 Å². The van der Waals surface area contributed by atoms with Gasteiger partial charge in [-0.2, -0.15) is 0 Å². The summed E-state index contributed by atoms with van der Waals surface area (Å²) >= 11 is 0. The molecule has 0 spiro atoms. The highest BCUT2D eigenvalue weighted by molar-refractivity contribution is 4.46. The average molecular weight is 277 g/mol. The Morgan fingerprint density at radius 3 is 1.05 bits per heavy atom. The van der Waals surface area contributed by atoms with Crippen LogP contribution in [0.1, 0.15) is 53.4 Å². The van der Waals surface area contributed by atoms with Crippen LogP contribution in [0.3, 0.4) is 0 Å². The average Bonchev–Trinajstić information content (AvgIpc) is 2.44. The SMILES string of the molecule is CCCOC(NC(OCCC)OCCC)OCCC. The lowest BCUT2D eigenvalue weighted by Crippen LogP contribution is -2.45. The van der Waals surface area contributed by atoms with E-state index in [1.807, 2.05) is 0 Å². The molecule has 0 saturated carbocycles. The maximum Gasteiger partial charge on any atom is 0.219 e. The van der Waals surface area contributed by atoms with Crippen LogP contribution in [0.25, 0.3) is 0 Å². The van der Waals surface area contributed by atoms with Crippen LogP contribution in [-0.2, 0) is 18.9 Å². The third-order valence-corrected chi connectivity index (χ3v) is 2.17. The molecule has 5 nitrogen and oxygen atoms in total. The van der Waals surface area contributed by atoms with Crippen LogP contribution in [0.2, 0.25) is 0 Å². The van der Waals surface area contributed by atoms with E-state index in [0.29, 0.717) is 26.4 Å². The number of nitrogens with one attached hydrogen (secondary N) is 1. The molecule has 0 atom stereocenters. The molecule has 1 N–H and O–H groups in total. The number of hydrogen-bond donors (Lipinski definition) is 1. The van der Waals surface area contributed by atoms with Gasteiger partial charge in [-0.3, -0.25) is 0 Å². The third kappa shape index (κ3) is 11.3. The summed E-state index contributed by atoms with van der Waals surface area (Å²) in [6.45, 7) is 10.9. The molecule has 116 valence electrons. The van der Waals surface area contributed by atoms with Gasteiger partial charge in [-0.1, -0.05) is 27.7 Å². The number of hydrogen-bond acceptors (Lipinski definition) is 5. The van der Waals surface area contributed by atoms with E-state index < -0.39 is 12.8 Å². The monoisotopic (exact) mass is 277 g/mol. The molecule has 0 radical (unpaired) electrons. The third-order valence-electron chi connectivity index (χ3n) is 2.17. The molecule has 0 bridgehead atoms. The second-order valence-corrected chi connectivity index (χ2v) is 4.31. The molecule has 0 unspecified atom stereocenters. The van der Waals surface area contributed by atoms with E-state index >= 15 is 0 Å². The second-order valence-electron chi connectivity index (χ2n) is 4.31. The van der Waals surface area contributed by atoms with Crippen molar-refractivity contribution in [3.8, 4) is 0 Å². The molecule has 0 aliphatic rings. The van der Waals surface area contributed by atoms with Crippen molar-refractivity contribution in [3.63, 3.8) is 0 Å². The van der Waals surface area contributed by atoms with Gasteiger partial charge in [0.05, 0.1) is 26.4 Å². The summed E-state index contributed by atoms with van der Waals surface area (Å²) in [6, 6.07) is 0. The van der Waals surface area contributed by atoms with Gasteiger partial charge in [0.2, 0.25) is 12.8 Å². The lowest BCUT2D eigenvalue weighted by atomic mass is 10.5. The van der Waals surface area contributed by atoms with Gasteiger partial charge in [-0.25, -0.2) is 5.32 Å². The van der Waals surface area contributed by atoms with Crippen LogP contribution in [0, 0.1) is 0 Å². The van der Waals surface area contributed by atoms with Gasteiger partial charge in [-0.05, 0) is 25.7 Å². The maximum atomic E-state index is 5.59. The van der Waals surface area contributed by atoms with Gasteiger partial charge in [0.15, 0.2) is 0 Å². The fourth-order valence-corrected chi connectivity index (χ4v) is 1.30. The zero-order valence-electron chi connectivity index (χ0n) is 12.9. The van der Waals surface area contributed by atoms with Gasteiger partial charge in [0, 0.05) is 0 Å². The molecule has 19 heavy (non-hydrogen) atoms. The molecule has 0 aromatic heterocycles. The molecule has 0 fully saturated rings. The predicted octanol–water partition coefficient (Wildman–Crippen LogP) is 2.85. The van der Waals surface area contributed by atoms with E-state index in [9.17, 15) is 0 Å². The Bertz CT molecular complexity index is 147. The second kappa shape index (κ2) is 14.2. The van der Waals surface area contributed by atoms with E-state index in [1.165, 1.54) is 0 Å². The molecule has 0 amide bonds. The zero-order valence-corrected chi connectivity index (χ0v) is 12.9. The summed E-state index contributed by atoms with van der Waals surface area (Å²) < 4.78 is 22.4. The predicted molar refractivity (Wildman–Crippen MR) is 75.7 cm³/mol. The quantitative estimate of drug-likeness (QED) is 0.495. The van der Waals surface area contributed by atoms with Crippen molar-refractivity contribution in [2.45, 2.75) is 66.2 Å². The normalized spacial score (nSPS) is 11.7. The highest BCUT2D eigenvalue weighted by atomic mass is 16.7. The molecule has 0 aromatic rings. The highest BCUT2D eigenvalue weighted by Gasteiger charge is 2.16. The zero-order chi connectivity index (χ0) is 14.3. The van der Waals surface area contributed by atoms with Crippen molar-refractivity contribution in [1.29, 1.82) is 0 Å². The van der Waals surface area contributed by atoms with Crippen molar-refractivity contribution < 1.29 is 18.9 Å². The lowest BCUT2D eigenvalue weighted by Gasteiger charge is -2.25. The standard InChI is InChI=1S/C14H31NO4/c1-5-9-16-13(17-10-6-2)15-14(18-11-7-3)19-12-8-4/h13-15H,5-12H2,1-4H3. The van der Waals surface area contributed by atoms with Crippen LogP contribution in [0.5, 0.6) is 0 Å². The van der Waals surface area contributed by atoms with Crippen LogP contribution < -0.4 is 5.32 Å². The minimum Gasteiger partial charge on any atom is -0.340 e.